The summed E-state index contributed by atoms with van der Waals surface area (Å²) in [5.74, 6) is -0.862. The predicted octanol–water partition coefficient (Wildman–Crippen LogP) is 9.76. The number of fused-ring (bicyclic) bond motifs is 11. The van der Waals surface area contributed by atoms with Crippen LogP contribution in [-0.2, 0) is 30.0 Å². The van der Waals surface area contributed by atoms with Crippen LogP contribution in [0.4, 0.5) is 10.0 Å². The number of carbonyl (C=O) groups excluding carboxylic acids is 4. The van der Waals surface area contributed by atoms with Crippen LogP contribution in [-0.4, -0.2) is 34.6 Å². The maximum atomic E-state index is 13.2. The van der Waals surface area contributed by atoms with Gasteiger partial charge in [-0.3, -0.25) is 19.2 Å². The molecule has 48 heavy (non-hydrogen) atoms. The molecule has 0 saturated heterocycles. The molecule has 6 aliphatic carbocycles. The molecule has 0 amide bonds. The largest absolute Gasteiger partial charge is 0.292 e. The van der Waals surface area contributed by atoms with Crippen LogP contribution in [0.1, 0.15) is 101 Å². The Morgan fingerprint density at radius 2 is 0.854 bits per heavy atom. The van der Waals surface area contributed by atoms with Crippen LogP contribution in [0.5, 0.6) is 0 Å². The van der Waals surface area contributed by atoms with E-state index in [1.165, 1.54) is 51.2 Å². The van der Waals surface area contributed by atoms with Gasteiger partial charge in [-0.15, -0.1) is 45.3 Å². The molecule has 6 aliphatic rings. The van der Waals surface area contributed by atoms with Gasteiger partial charge in [0.2, 0.25) is 0 Å². The molecule has 4 heterocycles. The van der Waals surface area contributed by atoms with Crippen molar-refractivity contribution < 1.29 is 19.2 Å². The zero-order valence-electron chi connectivity index (χ0n) is 27.3. The summed E-state index contributed by atoms with van der Waals surface area (Å²) in [6.07, 6.45) is 7.28. The van der Waals surface area contributed by atoms with Crippen molar-refractivity contribution in [2.45, 2.75) is 89.9 Å². The molecule has 10 rings (SSSR count). The molecule has 0 aromatic carbocycles. The number of nitrogens with zero attached hydrogens (tertiary/aromatic N) is 2. The predicted molar refractivity (Wildman–Crippen MR) is 196 cm³/mol. The second-order valence-electron chi connectivity index (χ2n) is 15.5. The molecular formula is C38H34N2O4S4. The quantitative estimate of drug-likeness (QED) is 0.207. The number of Topliss-reactive ketones (excluding diaryl/α,β-unsaturated/α-hetero) is 4. The smallest absolute Gasteiger partial charge is 0.188 e. The van der Waals surface area contributed by atoms with E-state index in [0.717, 1.165) is 61.4 Å². The second kappa shape index (κ2) is 9.86. The number of aliphatic imine (C=N–C) groups is 2. The molecular weight excluding hydrogens is 677 g/mol. The summed E-state index contributed by atoms with van der Waals surface area (Å²) in [5, 5.41) is 1.51. The van der Waals surface area contributed by atoms with Crippen molar-refractivity contribution >= 4 is 99.3 Å². The van der Waals surface area contributed by atoms with Crippen molar-refractivity contribution in [2.24, 2.45) is 33.7 Å². The third kappa shape index (κ3) is 3.73. The van der Waals surface area contributed by atoms with E-state index in [4.69, 9.17) is 9.98 Å². The van der Waals surface area contributed by atoms with Crippen molar-refractivity contribution in [3.63, 3.8) is 0 Å². The van der Waals surface area contributed by atoms with E-state index >= 15 is 0 Å². The molecule has 10 heteroatoms. The van der Waals surface area contributed by atoms with Gasteiger partial charge in [0, 0.05) is 34.5 Å². The molecule has 0 radical (unpaired) electrons. The molecule has 4 fully saturated rings. The highest BCUT2D eigenvalue weighted by Gasteiger charge is 2.50. The van der Waals surface area contributed by atoms with Gasteiger partial charge in [0.1, 0.15) is 10.0 Å². The first-order valence-corrected chi connectivity index (χ1v) is 20.5. The highest BCUT2D eigenvalue weighted by Crippen LogP contribution is 2.66. The fourth-order valence-corrected chi connectivity index (χ4v) is 15.9. The Kier molecular flexibility index (Phi) is 6.15. The zero-order valence-corrected chi connectivity index (χ0v) is 30.5. The first-order valence-electron chi connectivity index (χ1n) is 17.2. The Bertz CT molecular complexity index is 2060. The monoisotopic (exact) mass is 710 g/mol. The van der Waals surface area contributed by atoms with Gasteiger partial charge < -0.3 is 0 Å². The average Bonchev–Trinajstić information content (AvgIpc) is 3.92. The van der Waals surface area contributed by atoms with Crippen LogP contribution >= 0.6 is 45.3 Å². The van der Waals surface area contributed by atoms with E-state index in [0.29, 0.717) is 0 Å². The Labute approximate surface area is 294 Å². The Balaban J connectivity index is 1.03. The van der Waals surface area contributed by atoms with Crippen LogP contribution in [0, 0.1) is 23.7 Å². The van der Waals surface area contributed by atoms with Gasteiger partial charge >= 0.3 is 0 Å². The maximum Gasteiger partial charge on any atom is 0.188 e. The lowest BCUT2D eigenvalue weighted by atomic mass is 9.81. The van der Waals surface area contributed by atoms with E-state index in [-0.39, 0.29) is 69.1 Å². The van der Waals surface area contributed by atoms with Crippen LogP contribution in [0.2, 0.25) is 0 Å². The normalized spacial score (nSPS) is 27.8. The van der Waals surface area contributed by atoms with E-state index in [9.17, 15) is 19.2 Å². The lowest BCUT2D eigenvalue weighted by Crippen LogP contribution is -2.21. The van der Waals surface area contributed by atoms with Gasteiger partial charge in [0.15, 0.2) is 34.6 Å². The topological polar surface area (TPSA) is 93.0 Å². The summed E-state index contributed by atoms with van der Waals surface area (Å²) in [5.41, 5.74) is 5.03. The van der Waals surface area contributed by atoms with Crippen molar-refractivity contribution in [1.29, 1.82) is 0 Å². The fraction of sp³-hybridized carbons (Fsp3) is 0.474. The number of hydrogen-bond acceptors (Lipinski definition) is 10. The number of carbonyl (C=O) groups is 4. The molecule has 0 bridgehead atoms. The highest BCUT2D eigenvalue weighted by atomic mass is 32.1. The molecule has 4 saturated carbocycles. The van der Waals surface area contributed by atoms with Crippen LogP contribution < -0.4 is 0 Å². The molecule has 244 valence electrons. The minimum Gasteiger partial charge on any atom is -0.292 e. The third-order valence-corrected chi connectivity index (χ3v) is 17.2. The molecule has 4 unspecified atom stereocenters. The minimum absolute atomic E-state index is 0.0471. The van der Waals surface area contributed by atoms with Gasteiger partial charge in [0.05, 0.1) is 28.9 Å². The molecule has 4 aromatic rings. The SMILES string of the molecule is CC1(C)c2cc(N=C3C(=O)C4CCCCC4C3=O)sc2-c2sc3c4c(sc3c21)-c1sc(N=C2C(=O)C3CCCCC3C2=O)cc1C4(C)C. The number of ketones is 4. The molecule has 4 atom stereocenters. The van der Waals surface area contributed by atoms with Crippen molar-refractivity contribution in [3.8, 4) is 19.5 Å². The minimum atomic E-state index is -0.242. The van der Waals surface area contributed by atoms with Crippen molar-refractivity contribution in [3.05, 3.63) is 34.4 Å². The van der Waals surface area contributed by atoms with Gasteiger partial charge in [-0.25, -0.2) is 9.98 Å². The van der Waals surface area contributed by atoms with Crippen LogP contribution in [0.25, 0.3) is 28.9 Å². The average molecular weight is 711 g/mol. The Morgan fingerprint density at radius 1 is 0.521 bits per heavy atom. The summed E-state index contributed by atoms with van der Waals surface area (Å²) in [7, 11) is 0. The third-order valence-electron chi connectivity index (χ3n) is 12.2. The summed E-state index contributed by atoms with van der Waals surface area (Å²) in [4.78, 5) is 67.3. The molecule has 0 spiro atoms. The van der Waals surface area contributed by atoms with Gasteiger partial charge in [0.25, 0.3) is 0 Å². The van der Waals surface area contributed by atoms with E-state index < -0.39 is 0 Å². The van der Waals surface area contributed by atoms with E-state index in [2.05, 4.69) is 39.8 Å². The van der Waals surface area contributed by atoms with E-state index in [1.807, 2.05) is 22.7 Å². The first-order chi connectivity index (χ1) is 23.0. The lowest BCUT2D eigenvalue weighted by Gasteiger charge is -2.20. The number of rotatable bonds is 2. The van der Waals surface area contributed by atoms with Crippen LogP contribution in [0.15, 0.2) is 22.1 Å². The number of hydrogen-bond donors (Lipinski definition) is 0. The second-order valence-corrected chi connectivity index (χ2v) is 19.7. The summed E-state index contributed by atoms with van der Waals surface area (Å²) in [6.45, 7) is 9.12. The van der Waals surface area contributed by atoms with Gasteiger partial charge in [-0.05, 0) is 60.1 Å². The van der Waals surface area contributed by atoms with Crippen molar-refractivity contribution in [1.82, 2.24) is 0 Å². The van der Waals surface area contributed by atoms with E-state index in [1.54, 1.807) is 22.7 Å². The standard InChI is InChI=1S/C38H34N2O4S4/c1-37(2)19-13-21(39-25-27(41)15-9-5-6-10-16(15)28(25)42)45-31(19)33-23(37)35-36(47-33)24-34(48-35)32-20(38(24,3)4)14-22(46-32)40-26-29(43)17-11-7-8-12-18(17)30(26)44/h13-18H,5-12H2,1-4H3. The summed E-state index contributed by atoms with van der Waals surface area (Å²) in [6, 6.07) is 4.23. The molecule has 0 aliphatic heterocycles. The Hall–Kier alpha value is -2.92. The maximum absolute atomic E-state index is 13.2. The van der Waals surface area contributed by atoms with Gasteiger partial charge in [-0.2, -0.15) is 0 Å². The zero-order chi connectivity index (χ0) is 33.0. The van der Waals surface area contributed by atoms with Crippen molar-refractivity contribution in [2.75, 3.05) is 0 Å². The molecule has 0 N–H and O–H groups in total. The van der Waals surface area contributed by atoms with Gasteiger partial charge in [-0.1, -0.05) is 53.4 Å². The fourth-order valence-electron chi connectivity index (χ4n) is 9.69. The first kappa shape index (κ1) is 29.9. The van der Waals surface area contributed by atoms with Crippen LogP contribution in [0.3, 0.4) is 0 Å². The summed E-state index contributed by atoms with van der Waals surface area (Å²) >= 11 is 6.95. The Morgan fingerprint density at radius 3 is 1.19 bits per heavy atom. The molecule has 4 aromatic heterocycles. The molecule has 6 nitrogen and oxygen atoms in total. The lowest BCUT2D eigenvalue weighted by molar-refractivity contribution is -0.120. The number of thiophene rings is 4. The summed E-state index contributed by atoms with van der Waals surface area (Å²) < 4.78 is 2.66. The highest BCUT2D eigenvalue weighted by molar-refractivity contribution is 7.35.